The summed E-state index contributed by atoms with van der Waals surface area (Å²) in [5.41, 5.74) is 0. The molecular weight excluding hydrogens is 178 g/mol. The number of hydrogen-bond donors (Lipinski definition) is 1. The van der Waals surface area contributed by atoms with Crippen LogP contribution in [0.3, 0.4) is 0 Å². The molecule has 0 aromatic carbocycles. The molecule has 1 saturated heterocycles. The summed E-state index contributed by atoms with van der Waals surface area (Å²) in [6.07, 6.45) is 6.61. The van der Waals surface area contributed by atoms with Crippen LogP contribution in [-0.4, -0.2) is 25.2 Å². The van der Waals surface area contributed by atoms with Gasteiger partial charge in [-0.2, -0.15) is 0 Å². The molecule has 0 unspecified atom stereocenters. The van der Waals surface area contributed by atoms with Gasteiger partial charge in [-0.3, -0.25) is 4.79 Å². The molecule has 2 fully saturated rings. The highest BCUT2D eigenvalue weighted by atomic mass is 16.5. The molecule has 0 radical (unpaired) electrons. The third-order valence-electron chi connectivity index (χ3n) is 3.29. The molecule has 1 aliphatic carbocycles. The number of ether oxygens (including phenoxy) is 1. The van der Waals surface area contributed by atoms with E-state index >= 15 is 0 Å². The summed E-state index contributed by atoms with van der Waals surface area (Å²) in [5, 5.41) is 3.14. The summed E-state index contributed by atoms with van der Waals surface area (Å²) in [6.45, 7) is 1.60. The Labute approximate surface area is 85.2 Å². The molecule has 0 bridgehead atoms. The Morgan fingerprint density at radius 3 is 2.36 bits per heavy atom. The molecule has 0 aromatic heterocycles. The second-order valence-corrected chi connectivity index (χ2v) is 4.38. The van der Waals surface area contributed by atoms with Gasteiger partial charge in [0.2, 0.25) is 5.91 Å². The van der Waals surface area contributed by atoms with Crippen LogP contribution in [0.5, 0.6) is 0 Å². The number of amides is 1. The number of hydrogen-bond acceptors (Lipinski definition) is 2. The van der Waals surface area contributed by atoms with Crippen LogP contribution in [0.15, 0.2) is 0 Å². The van der Waals surface area contributed by atoms with Crippen molar-refractivity contribution in [1.29, 1.82) is 0 Å². The first-order valence-electron chi connectivity index (χ1n) is 5.74. The van der Waals surface area contributed by atoms with Crippen LogP contribution >= 0.6 is 0 Å². The Bertz CT molecular complexity index is 193. The van der Waals surface area contributed by atoms with Gasteiger partial charge in [-0.05, 0) is 25.7 Å². The number of carbonyl (C=O) groups excluding carboxylic acids is 1. The highest BCUT2D eigenvalue weighted by Gasteiger charge is 2.25. The van der Waals surface area contributed by atoms with E-state index in [1.54, 1.807) is 0 Å². The predicted octanol–water partition coefficient (Wildman–Crippen LogP) is 1.47. The minimum atomic E-state index is 0.286. The first kappa shape index (κ1) is 9.97. The summed E-state index contributed by atoms with van der Waals surface area (Å²) < 4.78 is 5.26. The molecule has 0 atom stereocenters. The van der Waals surface area contributed by atoms with Gasteiger partial charge >= 0.3 is 0 Å². The van der Waals surface area contributed by atoms with Gasteiger partial charge in [0.25, 0.3) is 0 Å². The van der Waals surface area contributed by atoms with Crippen molar-refractivity contribution < 1.29 is 9.53 Å². The molecule has 3 nitrogen and oxygen atoms in total. The molecule has 14 heavy (non-hydrogen) atoms. The molecule has 0 aromatic rings. The third kappa shape index (κ3) is 2.47. The Balaban J connectivity index is 1.75. The van der Waals surface area contributed by atoms with Crippen molar-refractivity contribution in [3.8, 4) is 0 Å². The van der Waals surface area contributed by atoms with Gasteiger partial charge in [-0.25, -0.2) is 0 Å². The highest BCUT2D eigenvalue weighted by Crippen LogP contribution is 2.25. The van der Waals surface area contributed by atoms with Crippen LogP contribution in [-0.2, 0) is 9.53 Å². The predicted molar refractivity (Wildman–Crippen MR) is 53.9 cm³/mol. The second-order valence-electron chi connectivity index (χ2n) is 4.38. The van der Waals surface area contributed by atoms with Gasteiger partial charge in [0.05, 0.1) is 0 Å². The van der Waals surface area contributed by atoms with Crippen LogP contribution < -0.4 is 5.32 Å². The Morgan fingerprint density at radius 1 is 1.07 bits per heavy atom. The third-order valence-corrected chi connectivity index (χ3v) is 3.29. The monoisotopic (exact) mass is 197 g/mol. The van der Waals surface area contributed by atoms with E-state index in [0.717, 1.165) is 38.9 Å². The molecule has 2 aliphatic rings. The Morgan fingerprint density at radius 2 is 1.71 bits per heavy atom. The SMILES string of the molecule is O=C(NC1CCOCC1)C1CCCC1. The maximum absolute atomic E-state index is 11.8. The van der Waals surface area contributed by atoms with E-state index in [-0.39, 0.29) is 5.91 Å². The number of rotatable bonds is 2. The van der Waals surface area contributed by atoms with E-state index < -0.39 is 0 Å². The van der Waals surface area contributed by atoms with Gasteiger partial charge in [0.1, 0.15) is 0 Å². The molecule has 0 spiro atoms. The van der Waals surface area contributed by atoms with Crippen LogP contribution in [0.4, 0.5) is 0 Å². The van der Waals surface area contributed by atoms with Crippen molar-refractivity contribution in [1.82, 2.24) is 5.32 Å². The summed E-state index contributed by atoms with van der Waals surface area (Å²) >= 11 is 0. The Hall–Kier alpha value is -0.570. The second kappa shape index (κ2) is 4.78. The standard InChI is InChI=1S/C11H19NO2/c13-11(9-3-1-2-4-9)12-10-5-7-14-8-6-10/h9-10H,1-8H2,(H,12,13). The van der Waals surface area contributed by atoms with Crippen LogP contribution in [0, 0.1) is 5.92 Å². The van der Waals surface area contributed by atoms with Crippen molar-refractivity contribution in [2.45, 2.75) is 44.6 Å². The highest BCUT2D eigenvalue weighted by molar-refractivity contribution is 5.79. The normalized spacial score (nSPS) is 25.1. The largest absolute Gasteiger partial charge is 0.381 e. The fourth-order valence-corrected chi connectivity index (χ4v) is 2.35. The summed E-state index contributed by atoms with van der Waals surface area (Å²) in [5.74, 6) is 0.590. The van der Waals surface area contributed by atoms with Crippen molar-refractivity contribution in [3.63, 3.8) is 0 Å². The minimum Gasteiger partial charge on any atom is -0.381 e. The van der Waals surface area contributed by atoms with Crippen molar-refractivity contribution in [2.24, 2.45) is 5.92 Å². The zero-order valence-corrected chi connectivity index (χ0v) is 8.63. The van der Waals surface area contributed by atoms with E-state index in [9.17, 15) is 4.79 Å². The molecular formula is C11H19NO2. The average molecular weight is 197 g/mol. The molecule has 1 N–H and O–H groups in total. The van der Waals surface area contributed by atoms with Gasteiger partial charge in [0, 0.05) is 25.2 Å². The lowest BCUT2D eigenvalue weighted by Gasteiger charge is -2.24. The van der Waals surface area contributed by atoms with E-state index in [1.807, 2.05) is 0 Å². The van der Waals surface area contributed by atoms with E-state index in [2.05, 4.69) is 5.32 Å². The fraction of sp³-hybridized carbons (Fsp3) is 0.909. The zero-order chi connectivity index (χ0) is 9.80. The van der Waals surface area contributed by atoms with E-state index in [0.29, 0.717) is 12.0 Å². The lowest BCUT2D eigenvalue weighted by molar-refractivity contribution is -0.126. The zero-order valence-electron chi connectivity index (χ0n) is 8.63. The minimum absolute atomic E-state index is 0.286. The van der Waals surface area contributed by atoms with Crippen LogP contribution in [0.2, 0.25) is 0 Å². The summed E-state index contributed by atoms with van der Waals surface area (Å²) in [4.78, 5) is 11.8. The lowest BCUT2D eigenvalue weighted by Crippen LogP contribution is -2.41. The van der Waals surface area contributed by atoms with Gasteiger partial charge in [-0.15, -0.1) is 0 Å². The van der Waals surface area contributed by atoms with Gasteiger partial charge in [-0.1, -0.05) is 12.8 Å². The fourth-order valence-electron chi connectivity index (χ4n) is 2.35. The number of carbonyl (C=O) groups is 1. The molecule has 3 heteroatoms. The van der Waals surface area contributed by atoms with Crippen LogP contribution in [0.25, 0.3) is 0 Å². The first-order chi connectivity index (χ1) is 6.86. The van der Waals surface area contributed by atoms with E-state index in [4.69, 9.17) is 4.74 Å². The van der Waals surface area contributed by atoms with E-state index in [1.165, 1.54) is 12.8 Å². The van der Waals surface area contributed by atoms with Gasteiger partial charge in [0.15, 0.2) is 0 Å². The summed E-state index contributed by atoms with van der Waals surface area (Å²) in [7, 11) is 0. The topological polar surface area (TPSA) is 38.3 Å². The van der Waals surface area contributed by atoms with Crippen molar-refractivity contribution >= 4 is 5.91 Å². The van der Waals surface area contributed by atoms with Crippen LogP contribution in [0.1, 0.15) is 38.5 Å². The quantitative estimate of drug-likeness (QED) is 0.728. The summed E-state index contributed by atoms with van der Waals surface area (Å²) in [6, 6.07) is 0.372. The van der Waals surface area contributed by atoms with Crippen molar-refractivity contribution in [2.75, 3.05) is 13.2 Å². The average Bonchev–Trinajstić information content (AvgIpc) is 2.72. The van der Waals surface area contributed by atoms with Gasteiger partial charge < -0.3 is 10.1 Å². The smallest absolute Gasteiger partial charge is 0.223 e. The molecule has 1 amide bonds. The maximum Gasteiger partial charge on any atom is 0.223 e. The molecule has 2 rings (SSSR count). The lowest BCUT2D eigenvalue weighted by atomic mass is 10.0. The molecule has 1 saturated carbocycles. The first-order valence-corrected chi connectivity index (χ1v) is 5.74. The molecule has 1 aliphatic heterocycles. The maximum atomic E-state index is 11.8. The molecule has 1 heterocycles. The van der Waals surface area contributed by atoms with Crippen molar-refractivity contribution in [3.05, 3.63) is 0 Å². The number of nitrogens with one attached hydrogen (secondary N) is 1. The molecule has 80 valence electrons. The Kier molecular flexibility index (Phi) is 3.40.